The molecule has 3 heteroatoms. The fourth-order valence-corrected chi connectivity index (χ4v) is 4.12. The summed E-state index contributed by atoms with van der Waals surface area (Å²) < 4.78 is 7.62. The quantitative estimate of drug-likeness (QED) is 0.589. The molecule has 3 nitrogen and oxygen atoms in total. The molecule has 0 fully saturated rings. The minimum atomic E-state index is -0.00928. The SMILES string of the molecule is COc1ccc(Cn2c(-c3ccc(C)cc3)cc3c2CC(C)(C)CC3=O)cc1. The van der Waals surface area contributed by atoms with Crippen LogP contribution < -0.4 is 4.74 Å². The molecule has 0 spiro atoms. The molecule has 0 N–H and O–H groups in total. The Labute approximate surface area is 167 Å². The van der Waals surface area contributed by atoms with E-state index in [1.165, 1.54) is 11.1 Å². The van der Waals surface area contributed by atoms with Gasteiger partial charge in [-0.2, -0.15) is 0 Å². The zero-order valence-electron chi connectivity index (χ0n) is 17.1. The number of ketones is 1. The van der Waals surface area contributed by atoms with Gasteiger partial charge in [0.25, 0.3) is 0 Å². The number of hydrogen-bond acceptors (Lipinski definition) is 2. The number of aryl methyl sites for hydroxylation is 1. The van der Waals surface area contributed by atoms with Gasteiger partial charge in [-0.1, -0.05) is 55.8 Å². The number of methoxy groups -OCH3 is 1. The van der Waals surface area contributed by atoms with Crippen LogP contribution in [0.25, 0.3) is 11.3 Å². The predicted octanol–water partition coefficient (Wildman–Crippen LogP) is 5.68. The van der Waals surface area contributed by atoms with E-state index in [4.69, 9.17) is 4.74 Å². The van der Waals surface area contributed by atoms with Crippen molar-refractivity contribution in [2.45, 2.75) is 40.2 Å². The van der Waals surface area contributed by atoms with Crippen molar-refractivity contribution in [2.75, 3.05) is 7.11 Å². The first-order chi connectivity index (χ1) is 13.4. The van der Waals surface area contributed by atoms with E-state index in [0.29, 0.717) is 6.42 Å². The Balaban J connectivity index is 1.83. The van der Waals surface area contributed by atoms with E-state index in [1.807, 2.05) is 12.1 Å². The molecule has 0 bridgehead atoms. The van der Waals surface area contributed by atoms with Crippen molar-refractivity contribution in [3.63, 3.8) is 0 Å². The summed E-state index contributed by atoms with van der Waals surface area (Å²) in [6.07, 6.45) is 1.52. The molecule has 0 saturated carbocycles. The number of fused-ring (bicyclic) bond motifs is 1. The average Bonchev–Trinajstić information content (AvgIpc) is 3.00. The highest BCUT2D eigenvalue weighted by Crippen LogP contribution is 2.39. The molecule has 0 atom stereocenters. The maximum absolute atomic E-state index is 12.9. The van der Waals surface area contributed by atoms with Crippen LogP contribution in [-0.4, -0.2) is 17.5 Å². The summed E-state index contributed by atoms with van der Waals surface area (Å²) in [6, 6.07) is 18.8. The smallest absolute Gasteiger partial charge is 0.165 e. The molecular weight excluding hydrogens is 346 g/mol. The lowest BCUT2D eigenvalue weighted by Crippen LogP contribution is -2.28. The molecule has 0 aliphatic heterocycles. The van der Waals surface area contributed by atoms with Crippen LogP contribution >= 0.6 is 0 Å². The highest BCUT2D eigenvalue weighted by molar-refractivity contribution is 6.00. The van der Waals surface area contributed by atoms with Crippen LogP contribution in [0.4, 0.5) is 0 Å². The summed E-state index contributed by atoms with van der Waals surface area (Å²) in [7, 11) is 1.68. The van der Waals surface area contributed by atoms with E-state index in [-0.39, 0.29) is 11.2 Å². The predicted molar refractivity (Wildman–Crippen MR) is 113 cm³/mol. The van der Waals surface area contributed by atoms with Crippen LogP contribution in [0.5, 0.6) is 5.75 Å². The van der Waals surface area contributed by atoms with E-state index < -0.39 is 0 Å². The summed E-state index contributed by atoms with van der Waals surface area (Å²) in [5.74, 6) is 1.11. The van der Waals surface area contributed by atoms with E-state index in [0.717, 1.165) is 41.2 Å². The second-order valence-corrected chi connectivity index (χ2v) is 8.63. The molecule has 1 aromatic heterocycles. The topological polar surface area (TPSA) is 31.2 Å². The molecule has 0 amide bonds. The minimum Gasteiger partial charge on any atom is -0.497 e. The van der Waals surface area contributed by atoms with Gasteiger partial charge in [0.1, 0.15) is 5.75 Å². The minimum absolute atomic E-state index is 0.00928. The van der Waals surface area contributed by atoms with Crippen molar-refractivity contribution in [1.82, 2.24) is 4.57 Å². The van der Waals surface area contributed by atoms with Gasteiger partial charge < -0.3 is 9.30 Å². The fourth-order valence-electron chi connectivity index (χ4n) is 4.12. The van der Waals surface area contributed by atoms with Crippen LogP contribution in [0.3, 0.4) is 0 Å². The molecule has 144 valence electrons. The number of rotatable bonds is 4. The fraction of sp³-hybridized carbons (Fsp3) is 0.320. The lowest BCUT2D eigenvalue weighted by molar-refractivity contribution is 0.0910. The Bertz CT molecular complexity index is 1010. The first kappa shape index (κ1) is 18.5. The number of hydrogen-bond donors (Lipinski definition) is 0. The first-order valence-corrected chi connectivity index (χ1v) is 9.82. The number of nitrogens with zero attached hydrogens (tertiary/aromatic N) is 1. The maximum atomic E-state index is 12.9. The molecular formula is C25H27NO2. The largest absolute Gasteiger partial charge is 0.497 e. The van der Waals surface area contributed by atoms with Crippen molar-refractivity contribution in [3.05, 3.63) is 77.0 Å². The number of ether oxygens (including phenoxy) is 1. The third-order valence-electron chi connectivity index (χ3n) is 5.64. The van der Waals surface area contributed by atoms with Gasteiger partial charge >= 0.3 is 0 Å². The monoisotopic (exact) mass is 373 g/mol. The lowest BCUT2D eigenvalue weighted by Gasteiger charge is -2.30. The Morgan fingerprint density at radius 1 is 1.00 bits per heavy atom. The lowest BCUT2D eigenvalue weighted by atomic mass is 9.76. The van der Waals surface area contributed by atoms with E-state index in [9.17, 15) is 4.79 Å². The van der Waals surface area contributed by atoms with E-state index in [2.05, 4.69) is 67.8 Å². The molecule has 0 unspecified atom stereocenters. The number of carbonyl (C=O) groups excluding carboxylic acids is 1. The Morgan fingerprint density at radius 3 is 2.32 bits per heavy atom. The van der Waals surface area contributed by atoms with Gasteiger partial charge in [-0.25, -0.2) is 0 Å². The highest BCUT2D eigenvalue weighted by Gasteiger charge is 2.34. The molecule has 28 heavy (non-hydrogen) atoms. The van der Waals surface area contributed by atoms with Gasteiger partial charge in [0.15, 0.2) is 5.78 Å². The zero-order chi connectivity index (χ0) is 19.9. The number of aromatic nitrogens is 1. The van der Waals surface area contributed by atoms with Crippen molar-refractivity contribution in [3.8, 4) is 17.0 Å². The van der Waals surface area contributed by atoms with E-state index in [1.54, 1.807) is 7.11 Å². The second-order valence-electron chi connectivity index (χ2n) is 8.63. The summed E-state index contributed by atoms with van der Waals surface area (Å²) in [5, 5.41) is 0. The van der Waals surface area contributed by atoms with Crippen LogP contribution in [0, 0.1) is 12.3 Å². The summed E-state index contributed by atoms with van der Waals surface area (Å²) in [6.45, 7) is 7.21. The van der Waals surface area contributed by atoms with Gasteiger partial charge in [0.2, 0.25) is 0 Å². The number of carbonyl (C=O) groups is 1. The molecule has 1 aliphatic carbocycles. The van der Waals surface area contributed by atoms with Crippen molar-refractivity contribution >= 4 is 5.78 Å². The van der Waals surface area contributed by atoms with Gasteiger partial charge in [-0.15, -0.1) is 0 Å². The third kappa shape index (κ3) is 3.49. The van der Waals surface area contributed by atoms with Crippen molar-refractivity contribution in [1.29, 1.82) is 0 Å². The average molecular weight is 373 g/mol. The van der Waals surface area contributed by atoms with E-state index >= 15 is 0 Å². The van der Waals surface area contributed by atoms with Crippen LogP contribution in [0.2, 0.25) is 0 Å². The summed E-state index contributed by atoms with van der Waals surface area (Å²) >= 11 is 0. The third-order valence-corrected chi connectivity index (χ3v) is 5.64. The summed E-state index contributed by atoms with van der Waals surface area (Å²) in [4.78, 5) is 12.9. The van der Waals surface area contributed by atoms with Crippen LogP contribution in [0.15, 0.2) is 54.6 Å². The molecule has 0 saturated heterocycles. The van der Waals surface area contributed by atoms with Gasteiger partial charge in [0.05, 0.1) is 7.11 Å². The maximum Gasteiger partial charge on any atom is 0.165 e. The highest BCUT2D eigenvalue weighted by atomic mass is 16.5. The molecule has 2 aromatic carbocycles. The van der Waals surface area contributed by atoms with Gasteiger partial charge in [-0.05, 0) is 48.1 Å². The van der Waals surface area contributed by atoms with Crippen molar-refractivity contribution in [2.24, 2.45) is 5.41 Å². The summed E-state index contributed by atoms with van der Waals surface area (Å²) in [5.41, 5.74) is 6.74. The number of Topliss-reactive ketones (excluding diaryl/α,β-unsaturated/α-hetero) is 1. The molecule has 1 heterocycles. The standard InChI is InChI=1S/C25H27NO2/c1-17-5-9-19(10-6-17)22-13-21-23(14-25(2,3)15-24(21)27)26(22)16-18-7-11-20(28-4)12-8-18/h5-13H,14-16H2,1-4H3. The van der Waals surface area contributed by atoms with Gasteiger partial charge in [-0.3, -0.25) is 4.79 Å². The molecule has 4 rings (SSSR count). The first-order valence-electron chi connectivity index (χ1n) is 9.82. The Hall–Kier alpha value is -2.81. The van der Waals surface area contributed by atoms with Crippen LogP contribution in [0.1, 0.15) is 47.4 Å². The second kappa shape index (κ2) is 6.97. The zero-order valence-corrected chi connectivity index (χ0v) is 17.1. The Morgan fingerprint density at radius 2 is 1.68 bits per heavy atom. The molecule has 3 aromatic rings. The van der Waals surface area contributed by atoms with Crippen molar-refractivity contribution < 1.29 is 9.53 Å². The van der Waals surface area contributed by atoms with Crippen LogP contribution in [-0.2, 0) is 13.0 Å². The Kier molecular flexibility index (Phi) is 4.62. The number of benzene rings is 2. The molecule has 1 aliphatic rings. The normalized spacial score (nSPS) is 15.4. The molecule has 0 radical (unpaired) electrons. The van der Waals surface area contributed by atoms with Gasteiger partial charge in [0, 0.05) is 29.9 Å².